The van der Waals surface area contributed by atoms with Gasteiger partial charge in [-0.2, -0.15) is 0 Å². The maximum atomic E-state index is 5.92. The van der Waals surface area contributed by atoms with Gasteiger partial charge in [0, 0.05) is 67.0 Å². The third-order valence-electron chi connectivity index (χ3n) is 6.15. The van der Waals surface area contributed by atoms with Crippen molar-refractivity contribution in [1.82, 2.24) is 30.0 Å². The van der Waals surface area contributed by atoms with Crippen LogP contribution in [0.3, 0.4) is 0 Å². The van der Waals surface area contributed by atoms with E-state index < -0.39 is 0 Å². The lowest BCUT2D eigenvalue weighted by atomic mass is 10.2. The van der Waals surface area contributed by atoms with E-state index in [9.17, 15) is 0 Å². The highest BCUT2D eigenvalue weighted by Crippen LogP contribution is 2.33. The highest BCUT2D eigenvalue weighted by atomic mass is 16.5. The number of anilines is 3. The zero-order chi connectivity index (χ0) is 22.4. The number of pyridine rings is 1. The summed E-state index contributed by atoms with van der Waals surface area (Å²) < 4.78 is 7.72. The van der Waals surface area contributed by atoms with E-state index >= 15 is 0 Å². The fourth-order valence-corrected chi connectivity index (χ4v) is 4.74. The van der Waals surface area contributed by atoms with Gasteiger partial charge in [0.15, 0.2) is 11.6 Å². The van der Waals surface area contributed by atoms with Crippen molar-refractivity contribution in [3.8, 4) is 11.6 Å². The molecule has 9 nitrogen and oxygen atoms in total. The molecule has 0 spiro atoms. The molecule has 9 heteroatoms. The number of nitrogens with zero attached hydrogens (tertiary/aromatic N) is 6. The van der Waals surface area contributed by atoms with Gasteiger partial charge in [0.05, 0.1) is 17.8 Å². The highest BCUT2D eigenvalue weighted by molar-refractivity contribution is 5.93. The molecule has 0 unspecified atom stereocenters. The molecule has 6 rings (SSSR count). The molecule has 0 radical (unpaired) electrons. The Morgan fingerprint density at radius 2 is 2.00 bits per heavy atom. The van der Waals surface area contributed by atoms with Gasteiger partial charge in [-0.3, -0.25) is 4.98 Å². The molecule has 2 saturated heterocycles. The van der Waals surface area contributed by atoms with Crippen molar-refractivity contribution in [2.75, 3.05) is 23.3 Å². The van der Waals surface area contributed by atoms with Crippen LogP contribution in [0.15, 0.2) is 55.1 Å². The van der Waals surface area contributed by atoms with Crippen LogP contribution in [-0.2, 0) is 0 Å². The van der Waals surface area contributed by atoms with E-state index in [-0.39, 0.29) is 6.10 Å². The number of piperazine rings is 1. The smallest absolute Gasteiger partial charge is 0.172 e. The van der Waals surface area contributed by atoms with E-state index in [1.54, 1.807) is 23.3 Å². The first-order valence-corrected chi connectivity index (χ1v) is 11.3. The zero-order valence-corrected chi connectivity index (χ0v) is 18.6. The first kappa shape index (κ1) is 19.9. The Hall–Kier alpha value is -3.72. The Kier molecular flexibility index (Phi) is 4.83. The molecule has 1 aromatic carbocycles. The third kappa shape index (κ3) is 3.74. The maximum absolute atomic E-state index is 5.92. The van der Waals surface area contributed by atoms with Crippen LogP contribution in [0.4, 0.5) is 17.3 Å². The molecule has 2 atom stereocenters. The summed E-state index contributed by atoms with van der Waals surface area (Å²) in [6.07, 6.45) is 8.14. The lowest BCUT2D eigenvalue weighted by molar-refractivity contribution is 0.242. The van der Waals surface area contributed by atoms with Crippen molar-refractivity contribution < 1.29 is 4.74 Å². The topological polar surface area (TPSA) is 93.0 Å². The van der Waals surface area contributed by atoms with Gasteiger partial charge < -0.3 is 20.3 Å². The standard InChI is InChI=1S/C24H26N8O/c1-15(2)33-19-3-4-20-21(11-19)32(23-13-25-7-8-27-23)30-24(20)29-16-5-6-26-22(10-16)31-14-17-9-18(31)12-28-17/h3-8,10-11,13,15,17-18,28H,9,12,14H2,1-2H3,(H,26,29,30)/t17-,18-/m0/s1. The van der Waals surface area contributed by atoms with E-state index in [4.69, 9.17) is 9.84 Å². The maximum Gasteiger partial charge on any atom is 0.172 e. The quantitative estimate of drug-likeness (QED) is 0.470. The first-order valence-electron chi connectivity index (χ1n) is 11.3. The Morgan fingerprint density at radius 3 is 2.76 bits per heavy atom. The van der Waals surface area contributed by atoms with Crippen molar-refractivity contribution in [1.29, 1.82) is 0 Å². The summed E-state index contributed by atoms with van der Waals surface area (Å²) in [5.74, 6) is 3.18. The van der Waals surface area contributed by atoms with Gasteiger partial charge in [0.25, 0.3) is 0 Å². The second-order valence-electron chi connectivity index (χ2n) is 8.84. The highest BCUT2D eigenvalue weighted by Gasteiger charge is 2.38. The van der Waals surface area contributed by atoms with E-state index in [1.165, 1.54) is 6.42 Å². The Balaban J connectivity index is 1.37. The fourth-order valence-electron chi connectivity index (χ4n) is 4.74. The van der Waals surface area contributed by atoms with Gasteiger partial charge in [-0.05, 0) is 38.5 Å². The Bertz CT molecular complexity index is 1290. The molecular formula is C24H26N8O. The summed E-state index contributed by atoms with van der Waals surface area (Å²) in [4.78, 5) is 15.7. The van der Waals surface area contributed by atoms with E-state index in [2.05, 4.69) is 36.6 Å². The molecule has 0 saturated carbocycles. The molecule has 3 aromatic heterocycles. The minimum absolute atomic E-state index is 0.0826. The van der Waals surface area contributed by atoms with Crippen LogP contribution < -0.4 is 20.3 Å². The second kappa shape index (κ2) is 8.00. The number of hydrogen-bond acceptors (Lipinski definition) is 8. The molecule has 33 heavy (non-hydrogen) atoms. The van der Waals surface area contributed by atoms with Gasteiger partial charge in [-0.15, -0.1) is 5.10 Å². The van der Waals surface area contributed by atoms with Gasteiger partial charge >= 0.3 is 0 Å². The Morgan fingerprint density at radius 1 is 1.09 bits per heavy atom. The molecule has 0 amide bonds. The van der Waals surface area contributed by atoms with Crippen LogP contribution in [0.1, 0.15) is 20.3 Å². The number of fused-ring (bicyclic) bond motifs is 3. The van der Waals surface area contributed by atoms with Crippen LogP contribution >= 0.6 is 0 Å². The zero-order valence-electron chi connectivity index (χ0n) is 18.6. The first-order chi connectivity index (χ1) is 16.1. The molecule has 168 valence electrons. The van der Waals surface area contributed by atoms with Crippen LogP contribution in [0.5, 0.6) is 5.75 Å². The number of benzene rings is 1. The summed E-state index contributed by atoms with van der Waals surface area (Å²) in [6.45, 7) is 6.06. The average Bonchev–Trinajstić information content (AvgIpc) is 3.54. The number of rotatable bonds is 6. The second-order valence-corrected chi connectivity index (χ2v) is 8.84. The number of aromatic nitrogens is 5. The summed E-state index contributed by atoms with van der Waals surface area (Å²) in [7, 11) is 0. The normalized spacial score (nSPS) is 19.5. The minimum Gasteiger partial charge on any atom is -0.491 e. The van der Waals surface area contributed by atoms with Crippen LogP contribution in [-0.4, -0.2) is 56.0 Å². The summed E-state index contributed by atoms with van der Waals surface area (Å²) in [5.41, 5.74) is 1.84. The number of ether oxygens (including phenoxy) is 1. The van der Waals surface area contributed by atoms with Crippen molar-refractivity contribution >= 4 is 28.2 Å². The fraction of sp³-hybridized carbons (Fsp3) is 0.333. The molecule has 2 fully saturated rings. The Labute approximate surface area is 191 Å². The minimum atomic E-state index is 0.0826. The van der Waals surface area contributed by atoms with Gasteiger partial charge in [-0.25, -0.2) is 14.6 Å². The van der Waals surface area contributed by atoms with Crippen molar-refractivity contribution in [3.63, 3.8) is 0 Å². The molecular weight excluding hydrogens is 416 g/mol. The van der Waals surface area contributed by atoms with Gasteiger partial charge in [0.2, 0.25) is 0 Å². The van der Waals surface area contributed by atoms with Crippen LogP contribution in [0, 0.1) is 0 Å². The van der Waals surface area contributed by atoms with E-state index in [0.29, 0.717) is 17.9 Å². The molecule has 5 heterocycles. The average molecular weight is 443 g/mol. The molecule has 0 aliphatic carbocycles. The molecule has 2 aliphatic heterocycles. The van der Waals surface area contributed by atoms with Gasteiger partial charge in [0.1, 0.15) is 11.6 Å². The SMILES string of the molecule is CC(C)Oc1ccc2c(Nc3ccnc(N4C[C@@H]5C[C@H]4CN5)c3)nn(-c3cnccn3)c2c1. The lowest BCUT2D eigenvalue weighted by Gasteiger charge is -2.28. The van der Waals surface area contributed by atoms with Crippen LogP contribution in [0.25, 0.3) is 16.7 Å². The third-order valence-corrected chi connectivity index (χ3v) is 6.15. The largest absolute Gasteiger partial charge is 0.491 e. The van der Waals surface area contributed by atoms with Crippen molar-refractivity contribution in [2.45, 2.75) is 38.5 Å². The summed E-state index contributed by atoms with van der Waals surface area (Å²) in [6, 6.07) is 11.2. The number of hydrogen-bond donors (Lipinski definition) is 2. The van der Waals surface area contributed by atoms with Crippen molar-refractivity contribution in [2.24, 2.45) is 0 Å². The summed E-state index contributed by atoms with van der Waals surface area (Å²) >= 11 is 0. The lowest BCUT2D eigenvalue weighted by Crippen LogP contribution is -2.43. The monoisotopic (exact) mass is 442 g/mol. The molecule has 2 aliphatic rings. The van der Waals surface area contributed by atoms with E-state index in [1.807, 2.05) is 44.3 Å². The molecule has 2 bridgehead atoms. The van der Waals surface area contributed by atoms with Crippen LogP contribution in [0.2, 0.25) is 0 Å². The molecule has 2 N–H and O–H groups in total. The van der Waals surface area contributed by atoms with Gasteiger partial charge in [-0.1, -0.05) is 0 Å². The predicted molar refractivity (Wildman–Crippen MR) is 127 cm³/mol. The van der Waals surface area contributed by atoms with E-state index in [0.717, 1.165) is 47.1 Å². The predicted octanol–water partition coefficient (Wildman–Crippen LogP) is 3.29. The van der Waals surface area contributed by atoms with Crippen molar-refractivity contribution in [3.05, 3.63) is 55.1 Å². The summed E-state index contributed by atoms with van der Waals surface area (Å²) in [5, 5.41) is 12.9. The number of nitrogens with one attached hydrogen (secondary N) is 2. The molecule has 4 aromatic rings.